The predicted octanol–water partition coefficient (Wildman–Crippen LogP) is 3.17. The van der Waals surface area contributed by atoms with Gasteiger partial charge >= 0.3 is 0 Å². The van der Waals surface area contributed by atoms with Crippen molar-refractivity contribution in [2.75, 3.05) is 57.7 Å². The summed E-state index contributed by atoms with van der Waals surface area (Å²) in [4.78, 5) is 20.5. The fourth-order valence-electron chi connectivity index (χ4n) is 5.65. The maximum absolute atomic E-state index is 14.8. The first kappa shape index (κ1) is 25.6. The highest BCUT2D eigenvalue weighted by Gasteiger charge is 2.53. The number of amides is 1. The Morgan fingerprint density at radius 1 is 1.14 bits per heavy atom. The number of likely N-dealkylation sites (N-methyl/N-ethyl adjacent to an activating group) is 1. The molecule has 0 unspecified atom stereocenters. The molecule has 3 aliphatic heterocycles. The van der Waals surface area contributed by atoms with E-state index in [0.717, 1.165) is 29.6 Å². The third-order valence-electron chi connectivity index (χ3n) is 7.94. The average molecular weight is 532 g/mol. The maximum Gasteiger partial charge on any atom is 0.237 e. The Bertz CT molecular complexity index is 1390. The molecular weight excluding hydrogens is 504 g/mol. The summed E-state index contributed by atoms with van der Waals surface area (Å²) >= 11 is 0. The molecule has 1 amide bonds. The second-order valence-electron chi connectivity index (χ2n) is 9.97. The second-order valence-corrected chi connectivity index (χ2v) is 12.3. The van der Waals surface area contributed by atoms with E-state index in [4.69, 9.17) is 16.0 Å². The first-order chi connectivity index (χ1) is 17.5. The smallest absolute Gasteiger partial charge is 0.237 e. The number of likely N-dealkylation sites (tertiary alicyclic amines) is 1. The van der Waals surface area contributed by atoms with Crippen LogP contribution < -0.4 is 9.64 Å². The van der Waals surface area contributed by atoms with Gasteiger partial charge in [0.25, 0.3) is 0 Å². The summed E-state index contributed by atoms with van der Waals surface area (Å²) in [5, 5.41) is 0. The Kier molecular flexibility index (Phi) is 6.25. The number of fused-ring (bicyclic) bond motifs is 2. The molecule has 1 spiro atoms. The van der Waals surface area contributed by atoms with E-state index in [2.05, 4.69) is 9.74 Å². The van der Waals surface area contributed by atoms with Crippen LogP contribution in [-0.2, 0) is 29.5 Å². The molecule has 196 valence electrons. The highest BCUT2D eigenvalue weighted by molar-refractivity contribution is 7.91. The summed E-state index contributed by atoms with van der Waals surface area (Å²) in [5.41, 5.74) is 1.09. The van der Waals surface area contributed by atoms with Crippen LogP contribution in [0, 0.1) is 18.2 Å². The van der Waals surface area contributed by atoms with Crippen molar-refractivity contribution in [2.24, 2.45) is 0 Å². The summed E-state index contributed by atoms with van der Waals surface area (Å²) in [6.45, 7) is 8.64. The number of carbonyl (C=O) groups excluding carboxylic acids is 1. The average Bonchev–Trinajstić information content (AvgIpc) is 3.02. The number of piperidine rings is 1. The van der Waals surface area contributed by atoms with Crippen molar-refractivity contribution >= 4 is 27.1 Å². The van der Waals surface area contributed by atoms with Crippen molar-refractivity contribution < 1.29 is 31.5 Å². The lowest BCUT2D eigenvalue weighted by molar-refractivity contribution is -0.124. The number of ether oxygens (including phenoxy) is 2. The topological polar surface area (TPSA) is 80.5 Å². The normalized spacial score (nSPS) is 20.4. The van der Waals surface area contributed by atoms with Crippen LogP contribution in [0.2, 0.25) is 0 Å². The Labute approximate surface area is 214 Å². The monoisotopic (exact) mass is 531 g/mol. The van der Waals surface area contributed by atoms with E-state index in [1.807, 2.05) is 12.1 Å². The molecule has 0 radical (unpaired) electrons. The number of sulfone groups is 1. The molecular formula is C26H27F2N3O5S. The SMILES string of the molecule is [C-]#[N+]c1ccc2c(c1)C1(CCN(CCOc3cc(F)c(C4(S(C)(=O)=O)COC4)c(F)c3)CC1)C(=O)N2C. The molecule has 0 N–H and O–H groups in total. The lowest BCUT2D eigenvalue weighted by Crippen LogP contribution is -2.53. The highest BCUT2D eigenvalue weighted by atomic mass is 32.2. The van der Waals surface area contributed by atoms with E-state index in [1.54, 1.807) is 18.0 Å². The molecule has 37 heavy (non-hydrogen) atoms. The van der Waals surface area contributed by atoms with Crippen LogP contribution in [0.25, 0.3) is 4.85 Å². The lowest BCUT2D eigenvalue weighted by atomic mass is 9.73. The van der Waals surface area contributed by atoms with Gasteiger partial charge in [0.05, 0.1) is 25.2 Å². The van der Waals surface area contributed by atoms with Gasteiger partial charge in [-0.25, -0.2) is 22.0 Å². The summed E-state index contributed by atoms with van der Waals surface area (Å²) in [7, 11) is -2.05. The van der Waals surface area contributed by atoms with Crippen LogP contribution in [0.15, 0.2) is 30.3 Å². The zero-order valence-electron chi connectivity index (χ0n) is 20.6. The number of carbonyl (C=O) groups is 1. The zero-order valence-corrected chi connectivity index (χ0v) is 21.4. The first-order valence-electron chi connectivity index (χ1n) is 11.9. The summed E-state index contributed by atoms with van der Waals surface area (Å²) in [6.07, 6.45) is 2.14. The Balaban J connectivity index is 1.23. The van der Waals surface area contributed by atoms with E-state index in [9.17, 15) is 22.0 Å². The highest BCUT2D eigenvalue weighted by Crippen LogP contribution is 2.48. The van der Waals surface area contributed by atoms with Crippen molar-refractivity contribution in [3.8, 4) is 5.75 Å². The number of hydrogen-bond acceptors (Lipinski definition) is 6. The zero-order chi connectivity index (χ0) is 26.6. The van der Waals surface area contributed by atoms with Crippen LogP contribution in [0.4, 0.5) is 20.2 Å². The van der Waals surface area contributed by atoms with E-state index >= 15 is 0 Å². The number of nitrogens with zero attached hydrogens (tertiary/aromatic N) is 3. The van der Waals surface area contributed by atoms with Gasteiger partial charge in [-0.05, 0) is 37.6 Å². The molecule has 3 aliphatic rings. The van der Waals surface area contributed by atoms with Crippen molar-refractivity contribution in [3.05, 3.63) is 64.5 Å². The molecule has 0 atom stereocenters. The molecule has 0 saturated carbocycles. The number of halogens is 2. The van der Waals surface area contributed by atoms with Crippen LogP contribution in [0.1, 0.15) is 24.0 Å². The van der Waals surface area contributed by atoms with Crippen molar-refractivity contribution in [2.45, 2.75) is 23.0 Å². The minimum Gasteiger partial charge on any atom is -0.492 e. The van der Waals surface area contributed by atoms with Crippen LogP contribution in [0.5, 0.6) is 5.75 Å². The molecule has 2 saturated heterocycles. The minimum atomic E-state index is -3.80. The van der Waals surface area contributed by atoms with Gasteiger partial charge in [-0.15, -0.1) is 0 Å². The first-order valence-corrected chi connectivity index (χ1v) is 13.8. The molecule has 2 fully saturated rings. The fraction of sp³-hybridized carbons (Fsp3) is 0.462. The number of anilines is 1. The minimum absolute atomic E-state index is 0.0238. The Morgan fingerprint density at radius 2 is 1.78 bits per heavy atom. The van der Waals surface area contributed by atoms with Gasteiger partial charge in [-0.2, -0.15) is 0 Å². The molecule has 2 aromatic carbocycles. The summed E-state index contributed by atoms with van der Waals surface area (Å²) in [6, 6.07) is 7.38. The van der Waals surface area contributed by atoms with Gasteiger partial charge in [-0.3, -0.25) is 9.69 Å². The van der Waals surface area contributed by atoms with Crippen LogP contribution in [-0.4, -0.2) is 72.0 Å². The third kappa shape index (κ3) is 3.98. The van der Waals surface area contributed by atoms with E-state index < -0.39 is 37.2 Å². The van der Waals surface area contributed by atoms with Gasteiger partial charge in [0.2, 0.25) is 5.91 Å². The van der Waals surface area contributed by atoms with Gasteiger partial charge in [-0.1, -0.05) is 12.1 Å². The number of rotatable bonds is 6. The molecule has 0 bridgehead atoms. The van der Waals surface area contributed by atoms with Gasteiger partial charge < -0.3 is 14.4 Å². The molecule has 5 rings (SSSR count). The largest absolute Gasteiger partial charge is 0.492 e. The molecule has 3 heterocycles. The molecule has 8 nitrogen and oxygen atoms in total. The number of hydrogen-bond donors (Lipinski definition) is 0. The molecule has 2 aromatic rings. The van der Waals surface area contributed by atoms with E-state index in [-0.39, 0.29) is 31.5 Å². The van der Waals surface area contributed by atoms with Crippen molar-refractivity contribution in [3.63, 3.8) is 0 Å². The van der Waals surface area contributed by atoms with Gasteiger partial charge in [0.15, 0.2) is 15.5 Å². The summed E-state index contributed by atoms with van der Waals surface area (Å²) in [5.74, 6) is -1.95. The number of benzene rings is 2. The van der Waals surface area contributed by atoms with E-state index in [0.29, 0.717) is 38.2 Å². The van der Waals surface area contributed by atoms with Gasteiger partial charge in [0.1, 0.15) is 28.7 Å². The van der Waals surface area contributed by atoms with Crippen LogP contribution >= 0.6 is 0 Å². The van der Waals surface area contributed by atoms with Crippen LogP contribution in [0.3, 0.4) is 0 Å². The Morgan fingerprint density at radius 3 is 2.32 bits per heavy atom. The lowest BCUT2D eigenvalue weighted by Gasteiger charge is -2.40. The van der Waals surface area contributed by atoms with Gasteiger partial charge in [0, 0.05) is 43.2 Å². The standard InChI is InChI=1S/C26H27F2N3O5S/c1-29-17-4-5-22-19(12-17)25(24(32)30(22)2)6-8-31(9-7-25)10-11-36-18-13-20(27)23(21(28)14-18)26(15-35-16-26)37(3,33)34/h4-5,12-14H,6-11,15-16H2,2-3H3. The molecule has 11 heteroatoms. The summed E-state index contributed by atoms with van der Waals surface area (Å²) < 4.78 is 63.0. The third-order valence-corrected chi connectivity index (χ3v) is 9.80. The quantitative estimate of drug-likeness (QED) is 0.533. The Hall–Kier alpha value is -3.07. The molecule has 0 aromatic heterocycles. The van der Waals surface area contributed by atoms with Crippen molar-refractivity contribution in [1.82, 2.24) is 4.90 Å². The maximum atomic E-state index is 14.8. The predicted molar refractivity (Wildman–Crippen MR) is 133 cm³/mol. The van der Waals surface area contributed by atoms with Crippen molar-refractivity contribution in [1.29, 1.82) is 0 Å². The van der Waals surface area contributed by atoms with E-state index in [1.165, 1.54) is 0 Å². The second kappa shape index (κ2) is 9.04. The fourth-order valence-corrected chi connectivity index (χ4v) is 6.81. The molecule has 0 aliphatic carbocycles.